The van der Waals surface area contributed by atoms with Gasteiger partial charge in [-0.15, -0.1) is 0 Å². The largest absolute Gasteiger partial charge is 0.333 e. The summed E-state index contributed by atoms with van der Waals surface area (Å²) in [7, 11) is 0. The maximum atomic E-state index is 12.8. The summed E-state index contributed by atoms with van der Waals surface area (Å²) in [5, 5.41) is 6.73. The summed E-state index contributed by atoms with van der Waals surface area (Å²) in [6.07, 6.45) is 8.96. The van der Waals surface area contributed by atoms with Crippen LogP contribution in [-0.4, -0.2) is 62.6 Å². The Bertz CT molecular complexity index is 691. The zero-order chi connectivity index (χ0) is 16.5. The molecule has 2 aliphatic heterocycles. The van der Waals surface area contributed by atoms with Gasteiger partial charge in [0.25, 0.3) is 5.91 Å². The second-order valence-corrected chi connectivity index (χ2v) is 6.86. The Kier molecular flexibility index (Phi) is 4.06. The molecule has 1 amide bonds. The van der Waals surface area contributed by atoms with Crippen LogP contribution in [0.4, 0.5) is 0 Å². The lowest BCUT2D eigenvalue weighted by atomic mass is 10.1. The topological polar surface area (TPSA) is 65.1 Å². The van der Waals surface area contributed by atoms with E-state index in [1.54, 1.807) is 12.4 Å². The minimum atomic E-state index is 0.0444. The molecular weight excluding hydrogens is 302 g/mol. The predicted molar refractivity (Wildman–Crippen MR) is 91.5 cm³/mol. The first-order valence-electron chi connectivity index (χ1n) is 8.72. The van der Waals surface area contributed by atoms with Gasteiger partial charge in [-0.25, -0.2) is 0 Å². The van der Waals surface area contributed by atoms with Crippen LogP contribution in [0.2, 0.25) is 0 Å². The molecule has 2 aromatic rings. The van der Waals surface area contributed by atoms with Crippen molar-refractivity contribution < 1.29 is 4.79 Å². The molecule has 24 heavy (non-hydrogen) atoms. The van der Waals surface area contributed by atoms with Gasteiger partial charge >= 0.3 is 0 Å². The SMILES string of the molecule is CC1CC(N2CCCC2)CN1C(=O)c1ccc(-c2cn[nH]c2)cn1. The summed E-state index contributed by atoms with van der Waals surface area (Å²) >= 11 is 0. The van der Waals surface area contributed by atoms with Crippen molar-refractivity contribution in [3.8, 4) is 11.1 Å². The van der Waals surface area contributed by atoms with E-state index in [0.717, 1.165) is 24.1 Å². The van der Waals surface area contributed by atoms with Gasteiger partial charge in [-0.3, -0.25) is 19.8 Å². The molecule has 2 aliphatic rings. The number of hydrogen-bond acceptors (Lipinski definition) is 4. The van der Waals surface area contributed by atoms with E-state index in [4.69, 9.17) is 0 Å². The third-order valence-corrected chi connectivity index (χ3v) is 5.28. The van der Waals surface area contributed by atoms with Gasteiger partial charge in [0.15, 0.2) is 0 Å². The molecule has 0 radical (unpaired) electrons. The van der Waals surface area contributed by atoms with Gasteiger partial charge in [-0.2, -0.15) is 5.10 Å². The van der Waals surface area contributed by atoms with Crippen LogP contribution in [0, 0.1) is 0 Å². The Morgan fingerprint density at radius 1 is 1.21 bits per heavy atom. The number of nitrogens with zero attached hydrogens (tertiary/aromatic N) is 4. The van der Waals surface area contributed by atoms with Crippen molar-refractivity contribution in [3.63, 3.8) is 0 Å². The van der Waals surface area contributed by atoms with Crippen molar-refractivity contribution in [2.45, 2.75) is 38.3 Å². The zero-order valence-corrected chi connectivity index (χ0v) is 14.0. The van der Waals surface area contributed by atoms with Crippen molar-refractivity contribution >= 4 is 5.91 Å². The molecular formula is C18H23N5O. The Hall–Kier alpha value is -2.21. The number of hydrogen-bond donors (Lipinski definition) is 1. The van der Waals surface area contributed by atoms with Crippen LogP contribution in [0.25, 0.3) is 11.1 Å². The fourth-order valence-electron chi connectivity index (χ4n) is 3.90. The molecule has 2 saturated heterocycles. The fraction of sp³-hybridized carbons (Fsp3) is 0.500. The second-order valence-electron chi connectivity index (χ2n) is 6.86. The highest BCUT2D eigenvalue weighted by atomic mass is 16.2. The number of H-pyrrole nitrogens is 1. The molecule has 4 heterocycles. The van der Waals surface area contributed by atoms with E-state index >= 15 is 0 Å². The van der Waals surface area contributed by atoms with Crippen LogP contribution in [0.5, 0.6) is 0 Å². The number of carbonyl (C=O) groups is 1. The molecule has 0 aromatic carbocycles. The van der Waals surface area contributed by atoms with Crippen molar-refractivity contribution in [3.05, 3.63) is 36.4 Å². The van der Waals surface area contributed by atoms with Gasteiger partial charge in [-0.1, -0.05) is 6.07 Å². The van der Waals surface area contributed by atoms with Gasteiger partial charge in [-0.05, 0) is 45.3 Å². The van der Waals surface area contributed by atoms with E-state index in [1.165, 1.54) is 25.9 Å². The Morgan fingerprint density at radius 2 is 2.04 bits per heavy atom. The molecule has 0 bridgehead atoms. The number of pyridine rings is 1. The summed E-state index contributed by atoms with van der Waals surface area (Å²) in [5.41, 5.74) is 2.46. The Morgan fingerprint density at radius 3 is 2.71 bits per heavy atom. The van der Waals surface area contributed by atoms with Crippen LogP contribution in [0.15, 0.2) is 30.7 Å². The van der Waals surface area contributed by atoms with E-state index in [0.29, 0.717) is 11.7 Å². The molecule has 1 N–H and O–H groups in total. The molecule has 0 aliphatic carbocycles. The normalized spacial score (nSPS) is 24.6. The molecule has 6 nitrogen and oxygen atoms in total. The first-order valence-corrected chi connectivity index (χ1v) is 8.72. The van der Waals surface area contributed by atoms with Crippen LogP contribution in [0.1, 0.15) is 36.7 Å². The van der Waals surface area contributed by atoms with Gasteiger partial charge in [0.1, 0.15) is 5.69 Å². The number of carbonyl (C=O) groups excluding carboxylic acids is 1. The lowest BCUT2D eigenvalue weighted by Gasteiger charge is -2.24. The number of aromatic nitrogens is 3. The summed E-state index contributed by atoms with van der Waals surface area (Å²) < 4.78 is 0. The van der Waals surface area contributed by atoms with Crippen molar-refractivity contribution in [2.75, 3.05) is 19.6 Å². The predicted octanol–water partition coefficient (Wildman–Crippen LogP) is 2.17. The fourth-order valence-corrected chi connectivity index (χ4v) is 3.90. The maximum absolute atomic E-state index is 12.8. The minimum absolute atomic E-state index is 0.0444. The highest BCUT2D eigenvalue weighted by Gasteiger charge is 2.36. The Labute approximate surface area is 141 Å². The monoisotopic (exact) mass is 325 g/mol. The molecule has 2 unspecified atom stereocenters. The average molecular weight is 325 g/mol. The number of nitrogens with one attached hydrogen (secondary N) is 1. The smallest absolute Gasteiger partial charge is 0.272 e. The highest BCUT2D eigenvalue weighted by Crippen LogP contribution is 2.26. The molecule has 6 heteroatoms. The van der Waals surface area contributed by atoms with Gasteiger partial charge in [0.05, 0.1) is 6.20 Å². The van der Waals surface area contributed by atoms with Crippen LogP contribution in [0.3, 0.4) is 0 Å². The number of amides is 1. The lowest BCUT2D eigenvalue weighted by Crippen LogP contribution is -2.38. The number of rotatable bonds is 3. The summed E-state index contributed by atoms with van der Waals surface area (Å²) in [4.78, 5) is 21.8. The Balaban J connectivity index is 1.47. The van der Waals surface area contributed by atoms with Crippen molar-refractivity contribution in [2.24, 2.45) is 0 Å². The summed E-state index contributed by atoms with van der Waals surface area (Å²) in [5.74, 6) is 0.0444. The maximum Gasteiger partial charge on any atom is 0.272 e. The summed E-state index contributed by atoms with van der Waals surface area (Å²) in [6, 6.07) is 4.54. The van der Waals surface area contributed by atoms with Gasteiger partial charge in [0.2, 0.25) is 0 Å². The molecule has 2 aromatic heterocycles. The van der Waals surface area contributed by atoms with Crippen LogP contribution >= 0.6 is 0 Å². The first kappa shape index (κ1) is 15.3. The van der Waals surface area contributed by atoms with Gasteiger partial charge in [0, 0.05) is 42.1 Å². The standard InChI is InChI=1S/C18H23N5O/c1-13-8-16(22-6-2-3-7-22)12-23(13)18(24)17-5-4-14(9-19-17)15-10-20-21-11-15/h4-5,9-11,13,16H,2-3,6-8,12H2,1H3,(H,20,21). The highest BCUT2D eigenvalue weighted by molar-refractivity contribution is 5.93. The minimum Gasteiger partial charge on any atom is -0.333 e. The average Bonchev–Trinajstić information content (AvgIpc) is 3.35. The molecule has 2 fully saturated rings. The van der Waals surface area contributed by atoms with E-state index < -0.39 is 0 Å². The van der Waals surface area contributed by atoms with Crippen LogP contribution in [-0.2, 0) is 0 Å². The molecule has 0 spiro atoms. The quantitative estimate of drug-likeness (QED) is 0.939. The van der Waals surface area contributed by atoms with Crippen LogP contribution < -0.4 is 0 Å². The third kappa shape index (κ3) is 2.82. The summed E-state index contributed by atoms with van der Waals surface area (Å²) in [6.45, 7) is 5.33. The van der Waals surface area contributed by atoms with Crippen molar-refractivity contribution in [1.82, 2.24) is 25.0 Å². The third-order valence-electron chi connectivity index (χ3n) is 5.28. The van der Waals surface area contributed by atoms with E-state index in [1.807, 2.05) is 23.2 Å². The van der Waals surface area contributed by atoms with Crippen molar-refractivity contribution in [1.29, 1.82) is 0 Å². The van der Waals surface area contributed by atoms with E-state index in [9.17, 15) is 4.79 Å². The second kappa shape index (κ2) is 6.36. The van der Waals surface area contributed by atoms with Gasteiger partial charge < -0.3 is 4.90 Å². The molecule has 0 saturated carbocycles. The molecule has 126 valence electrons. The lowest BCUT2D eigenvalue weighted by molar-refractivity contribution is 0.0732. The number of likely N-dealkylation sites (tertiary alicyclic amines) is 2. The first-order chi connectivity index (χ1) is 11.7. The number of aromatic amines is 1. The van der Waals surface area contributed by atoms with E-state index in [-0.39, 0.29) is 11.9 Å². The molecule has 4 rings (SSSR count). The molecule has 2 atom stereocenters. The zero-order valence-electron chi connectivity index (χ0n) is 14.0. The van der Waals surface area contributed by atoms with E-state index in [2.05, 4.69) is 27.0 Å².